The first-order valence-corrected chi connectivity index (χ1v) is 8.12. The second-order valence-corrected chi connectivity index (χ2v) is 6.43. The molecule has 0 radical (unpaired) electrons. The minimum absolute atomic E-state index is 0.137. The lowest BCUT2D eigenvalue weighted by Crippen LogP contribution is -2.32. The van der Waals surface area contributed by atoms with E-state index in [1.165, 1.54) is 43.4 Å². The van der Waals surface area contributed by atoms with Crippen LogP contribution in [0.3, 0.4) is 0 Å². The largest absolute Gasteiger partial charge is 0.464 e. The molecule has 1 fully saturated rings. The molecular weight excluding hydrogens is 262 g/mol. The van der Waals surface area contributed by atoms with Crippen LogP contribution in [0.4, 0.5) is 0 Å². The van der Waals surface area contributed by atoms with Gasteiger partial charge in [-0.1, -0.05) is 6.42 Å². The fourth-order valence-corrected chi connectivity index (χ4v) is 3.62. The van der Waals surface area contributed by atoms with Gasteiger partial charge < -0.3 is 8.98 Å². The Labute approximate surface area is 124 Å². The third-order valence-corrected chi connectivity index (χ3v) is 5.05. The fourth-order valence-electron chi connectivity index (χ4n) is 3.62. The number of fused-ring (bicyclic) bond motifs is 1. The van der Waals surface area contributed by atoms with Crippen molar-refractivity contribution < 1.29 is 4.42 Å². The summed E-state index contributed by atoms with van der Waals surface area (Å²) in [7, 11) is 0. The number of aryl methyl sites for hydroxylation is 1. The van der Waals surface area contributed by atoms with Crippen LogP contribution in [0.1, 0.15) is 43.4 Å². The highest BCUT2D eigenvalue weighted by atomic mass is 16.3. The van der Waals surface area contributed by atoms with Crippen molar-refractivity contribution >= 4 is 0 Å². The summed E-state index contributed by atoms with van der Waals surface area (Å²) in [5.74, 6) is 1.40. The molecule has 0 bridgehead atoms. The quantitative estimate of drug-likeness (QED) is 0.859. The molecule has 2 aliphatic carbocycles. The zero-order chi connectivity index (χ0) is 14.2. The van der Waals surface area contributed by atoms with Gasteiger partial charge in [-0.15, -0.1) is 0 Å². The van der Waals surface area contributed by atoms with Crippen molar-refractivity contribution in [3.63, 3.8) is 0 Å². The molecule has 21 heavy (non-hydrogen) atoms. The average Bonchev–Trinajstić information content (AvgIpc) is 2.98. The van der Waals surface area contributed by atoms with Gasteiger partial charge >= 0.3 is 0 Å². The van der Waals surface area contributed by atoms with E-state index in [9.17, 15) is 4.79 Å². The normalized spacial score (nSPS) is 18.3. The van der Waals surface area contributed by atoms with E-state index in [-0.39, 0.29) is 5.56 Å². The first-order valence-electron chi connectivity index (χ1n) is 8.12. The first-order chi connectivity index (χ1) is 10.3. The maximum atomic E-state index is 12.9. The van der Waals surface area contributed by atoms with Crippen LogP contribution in [0.2, 0.25) is 0 Å². The van der Waals surface area contributed by atoms with E-state index in [0.717, 1.165) is 24.9 Å². The Bertz CT molecular complexity index is 693. The van der Waals surface area contributed by atoms with Crippen LogP contribution in [0, 0.1) is 5.92 Å². The number of hydrogen-bond donors (Lipinski definition) is 0. The van der Waals surface area contributed by atoms with E-state index >= 15 is 0 Å². The van der Waals surface area contributed by atoms with Crippen molar-refractivity contribution in [1.82, 2.24) is 4.57 Å². The highest BCUT2D eigenvalue weighted by Gasteiger charge is 2.24. The molecule has 0 N–H and O–H groups in total. The Morgan fingerprint density at radius 2 is 2.05 bits per heavy atom. The lowest BCUT2D eigenvalue weighted by atomic mass is 9.85. The second-order valence-electron chi connectivity index (χ2n) is 6.43. The van der Waals surface area contributed by atoms with Gasteiger partial charge in [0.2, 0.25) is 0 Å². The molecule has 1 saturated carbocycles. The summed E-state index contributed by atoms with van der Waals surface area (Å²) in [4.78, 5) is 12.9. The zero-order valence-corrected chi connectivity index (χ0v) is 12.3. The summed E-state index contributed by atoms with van der Waals surface area (Å²) in [6.45, 7) is 0.899. The Morgan fingerprint density at radius 1 is 1.19 bits per heavy atom. The predicted octanol–water partition coefficient (Wildman–Crippen LogP) is 3.79. The van der Waals surface area contributed by atoms with Crippen molar-refractivity contribution in [2.24, 2.45) is 5.92 Å². The molecule has 0 aliphatic heterocycles. The van der Waals surface area contributed by atoms with Gasteiger partial charge in [-0.25, -0.2) is 0 Å². The third kappa shape index (κ3) is 2.25. The van der Waals surface area contributed by atoms with Gasteiger partial charge in [0.15, 0.2) is 0 Å². The molecule has 3 nitrogen and oxygen atoms in total. The molecule has 110 valence electrons. The molecule has 0 amide bonds. The highest BCUT2D eigenvalue weighted by molar-refractivity contribution is 5.58. The summed E-state index contributed by atoms with van der Waals surface area (Å²) in [6.07, 6.45) is 10.1. The number of hydrogen-bond acceptors (Lipinski definition) is 2. The standard InChI is InChI=1S/C18H21NO2/c20-18-15(17-9-4-10-21-17)11-14-7-1-2-8-16(14)19(18)12-13-5-3-6-13/h4,9-11,13H,1-3,5-8,12H2. The molecule has 2 heterocycles. The topological polar surface area (TPSA) is 35.1 Å². The smallest absolute Gasteiger partial charge is 0.261 e. The number of furan rings is 1. The second kappa shape index (κ2) is 5.21. The number of pyridine rings is 1. The maximum absolute atomic E-state index is 12.9. The lowest BCUT2D eigenvalue weighted by molar-refractivity contribution is 0.269. The summed E-state index contributed by atoms with van der Waals surface area (Å²) in [6, 6.07) is 5.82. The molecule has 4 rings (SSSR count). The van der Waals surface area contributed by atoms with Gasteiger partial charge in [-0.3, -0.25) is 4.79 Å². The van der Waals surface area contributed by atoms with Crippen molar-refractivity contribution in [3.05, 3.63) is 46.1 Å². The van der Waals surface area contributed by atoms with Gasteiger partial charge in [0, 0.05) is 12.2 Å². The number of rotatable bonds is 3. The van der Waals surface area contributed by atoms with Crippen LogP contribution in [0.15, 0.2) is 33.7 Å². The molecule has 2 aliphatic rings. The van der Waals surface area contributed by atoms with E-state index in [0.29, 0.717) is 11.7 Å². The van der Waals surface area contributed by atoms with Gasteiger partial charge in [0.25, 0.3) is 5.56 Å². The monoisotopic (exact) mass is 283 g/mol. The van der Waals surface area contributed by atoms with Gasteiger partial charge in [0.1, 0.15) is 5.76 Å². The van der Waals surface area contributed by atoms with E-state index < -0.39 is 0 Å². The minimum atomic E-state index is 0.137. The Hall–Kier alpha value is -1.77. The van der Waals surface area contributed by atoms with E-state index in [1.807, 2.05) is 12.1 Å². The van der Waals surface area contributed by atoms with Crippen LogP contribution in [-0.4, -0.2) is 4.57 Å². The van der Waals surface area contributed by atoms with Crippen LogP contribution >= 0.6 is 0 Å². The molecule has 2 aromatic heterocycles. The SMILES string of the molecule is O=c1c(-c2ccco2)cc2c(n1CC1CCC1)CCCC2. The van der Waals surface area contributed by atoms with E-state index in [4.69, 9.17) is 4.42 Å². The lowest BCUT2D eigenvalue weighted by Gasteiger charge is -2.29. The summed E-state index contributed by atoms with van der Waals surface area (Å²) < 4.78 is 7.54. The number of nitrogens with zero attached hydrogens (tertiary/aromatic N) is 1. The van der Waals surface area contributed by atoms with Crippen molar-refractivity contribution in [3.8, 4) is 11.3 Å². The predicted molar refractivity (Wildman–Crippen MR) is 82.4 cm³/mol. The van der Waals surface area contributed by atoms with Crippen molar-refractivity contribution in [1.29, 1.82) is 0 Å². The molecule has 0 unspecified atom stereocenters. The van der Waals surface area contributed by atoms with Crippen LogP contribution in [-0.2, 0) is 19.4 Å². The van der Waals surface area contributed by atoms with Gasteiger partial charge in [0.05, 0.1) is 11.8 Å². The molecule has 0 spiro atoms. The molecule has 2 aromatic rings. The van der Waals surface area contributed by atoms with Crippen LogP contribution < -0.4 is 5.56 Å². The Balaban J connectivity index is 1.85. The summed E-state index contributed by atoms with van der Waals surface area (Å²) in [5.41, 5.74) is 3.51. The molecule has 3 heteroatoms. The minimum Gasteiger partial charge on any atom is -0.464 e. The van der Waals surface area contributed by atoms with Crippen LogP contribution in [0.5, 0.6) is 0 Å². The van der Waals surface area contributed by atoms with Crippen LogP contribution in [0.25, 0.3) is 11.3 Å². The molecule has 0 saturated heterocycles. The highest BCUT2D eigenvalue weighted by Crippen LogP contribution is 2.30. The first kappa shape index (κ1) is 12.9. The van der Waals surface area contributed by atoms with Gasteiger partial charge in [-0.2, -0.15) is 0 Å². The van der Waals surface area contributed by atoms with E-state index in [2.05, 4.69) is 10.6 Å². The Morgan fingerprint density at radius 3 is 2.76 bits per heavy atom. The van der Waals surface area contributed by atoms with E-state index in [1.54, 1.807) is 6.26 Å². The molecule has 0 aromatic carbocycles. The molecular formula is C18H21NO2. The summed E-state index contributed by atoms with van der Waals surface area (Å²) in [5, 5.41) is 0. The average molecular weight is 283 g/mol. The maximum Gasteiger partial charge on any atom is 0.261 e. The van der Waals surface area contributed by atoms with Gasteiger partial charge in [-0.05, 0) is 68.2 Å². The van der Waals surface area contributed by atoms with Crippen molar-refractivity contribution in [2.45, 2.75) is 51.5 Å². The third-order valence-electron chi connectivity index (χ3n) is 5.05. The fraction of sp³-hybridized carbons (Fsp3) is 0.500. The Kier molecular flexibility index (Phi) is 3.21. The molecule has 0 atom stereocenters. The van der Waals surface area contributed by atoms with Crippen molar-refractivity contribution in [2.75, 3.05) is 0 Å². The zero-order valence-electron chi connectivity index (χ0n) is 12.3. The number of aromatic nitrogens is 1. The summed E-state index contributed by atoms with van der Waals surface area (Å²) >= 11 is 0.